The zero-order valence-electron chi connectivity index (χ0n) is 9.12. The van der Waals surface area contributed by atoms with Crippen molar-refractivity contribution in [2.75, 3.05) is 0 Å². The van der Waals surface area contributed by atoms with Gasteiger partial charge in [-0.15, -0.1) is 0 Å². The molecule has 1 saturated carbocycles. The Morgan fingerprint density at radius 3 is 2.80 bits per heavy atom. The Bertz CT molecular complexity index is 421. The van der Waals surface area contributed by atoms with Gasteiger partial charge in [-0.25, -0.2) is 0 Å². The smallest absolute Gasteiger partial charge is 0.169 e. The molecule has 1 aromatic carbocycles. The highest BCUT2D eigenvalue weighted by Crippen LogP contribution is 2.50. The third kappa shape index (κ3) is 1.19. The quantitative estimate of drug-likeness (QED) is 0.628. The van der Waals surface area contributed by atoms with Gasteiger partial charge in [0.25, 0.3) is 0 Å². The van der Waals surface area contributed by atoms with E-state index in [1.807, 2.05) is 18.2 Å². The van der Waals surface area contributed by atoms with E-state index < -0.39 is 0 Å². The van der Waals surface area contributed by atoms with Crippen molar-refractivity contribution < 1.29 is 4.79 Å². The Kier molecular flexibility index (Phi) is 1.79. The second kappa shape index (κ2) is 2.94. The molecule has 2 atom stereocenters. The van der Waals surface area contributed by atoms with E-state index in [1.165, 1.54) is 12.0 Å². The molecular weight excluding hydrogens is 184 g/mol. The van der Waals surface area contributed by atoms with Crippen molar-refractivity contribution in [3.8, 4) is 0 Å². The molecule has 3 rings (SSSR count). The maximum atomic E-state index is 12.4. The lowest BCUT2D eigenvalue weighted by Crippen LogP contribution is -2.24. The summed E-state index contributed by atoms with van der Waals surface area (Å²) in [4.78, 5) is 12.4. The first kappa shape index (κ1) is 9.14. The average molecular weight is 200 g/mol. The van der Waals surface area contributed by atoms with E-state index in [0.29, 0.717) is 5.78 Å². The van der Waals surface area contributed by atoms with Gasteiger partial charge in [-0.1, -0.05) is 31.2 Å². The Labute approximate surface area is 90.5 Å². The van der Waals surface area contributed by atoms with E-state index in [4.69, 9.17) is 0 Å². The van der Waals surface area contributed by atoms with Crippen LogP contribution in [0.5, 0.6) is 0 Å². The monoisotopic (exact) mass is 200 g/mol. The molecule has 0 aliphatic heterocycles. The van der Waals surface area contributed by atoms with Crippen molar-refractivity contribution in [3.63, 3.8) is 0 Å². The minimum absolute atomic E-state index is 0.0108. The van der Waals surface area contributed by atoms with Crippen molar-refractivity contribution in [1.29, 1.82) is 0 Å². The fraction of sp³-hybridized carbons (Fsp3) is 0.500. The minimum Gasteiger partial charge on any atom is -0.294 e. The van der Waals surface area contributed by atoms with Gasteiger partial charge in [-0.2, -0.15) is 0 Å². The summed E-state index contributed by atoms with van der Waals surface area (Å²) in [6.07, 6.45) is 4.41. The second-order valence-corrected chi connectivity index (χ2v) is 5.29. The third-order valence-electron chi connectivity index (χ3n) is 4.13. The van der Waals surface area contributed by atoms with Crippen LogP contribution in [0.3, 0.4) is 0 Å². The van der Waals surface area contributed by atoms with Crippen LogP contribution in [0.4, 0.5) is 0 Å². The highest BCUT2D eigenvalue weighted by molar-refractivity contribution is 6.05. The van der Waals surface area contributed by atoms with Gasteiger partial charge in [0.15, 0.2) is 5.78 Å². The van der Waals surface area contributed by atoms with Crippen LogP contribution in [0.15, 0.2) is 24.3 Å². The lowest BCUT2D eigenvalue weighted by atomic mass is 9.81. The number of fused-ring (bicyclic) bond motifs is 1. The maximum absolute atomic E-state index is 12.4. The highest BCUT2D eigenvalue weighted by Gasteiger charge is 2.48. The molecule has 0 bridgehead atoms. The predicted octanol–water partition coefficient (Wildman–Crippen LogP) is 3.23. The first-order chi connectivity index (χ1) is 7.21. The number of carbonyl (C=O) groups is 1. The zero-order valence-corrected chi connectivity index (χ0v) is 9.12. The summed E-state index contributed by atoms with van der Waals surface area (Å²) in [6.45, 7) is 2.27. The van der Waals surface area contributed by atoms with Crippen molar-refractivity contribution in [2.45, 2.75) is 32.6 Å². The predicted molar refractivity (Wildman–Crippen MR) is 59.9 cm³/mol. The van der Waals surface area contributed by atoms with Crippen LogP contribution >= 0.6 is 0 Å². The van der Waals surface area contributed by atoms with Crippen molar-refractivity contribution in [2.24, 2.45) is 11.3 Å². The summed E-state index contributed by atoms with van der Waals surface area (Å²) in [5.41, 5.74) is 2.26. The van der Waals surface area contributed by atoms with Crippen molar-refractivity contribution in [3.05, 3.63) is 35.4 Å². The normalized spacial score (nSPS) is 33.7. The van der Waals surface area contributed by atoms with Crippen LogP contribution in [0.1, 0.15) is 42.1 Å². The number of carbonyl (C=O) groups excluding carboxylic acids is 1. The fourth-order valence-corrected chi connectivity index (χ4v) is 3.39. The number of ketones is 1. The first-order valence-corrected chi connectivity index (χ1v) is 5.84. The number of hydrogen-bond donors (Lipinski definition) is 0. The molecular formula is C14H16O. The number of benzene rings is 1. The van der Waals surface area contributed by atoms with E-state index in [1.54, 1.807) is 0 Å². The molecule has 0 radical (unpaired) electrons. The number of hydrogen-bond acceptors (Lipinski definition) is 1. The number of Topliss-reactive ketones (excluding diaryl/α,β-unsaturated/α-hetero) is 1. The maximum Gasteiger partial charge on any atom is 0.169 e. The Morgan fingerprint density at radius 1 is 1.33 bits per heavy atom. The SMILES string of the molecule is CC1CCC2(Cc3ccccc3C2=O)C1. The Hall–Kier alpha value is -1.11. The van der Waals surface area contributed by atoms with Crippen LogP contribution in [0, 0.1) is 11.3 Å². The third-order valence-corrected chi connectivity index (χ3v) is 4.13. The first-order valence-electron chi connectivity index (χ1n) is 5.84. The van der Waals surface area contributed by atoms with Crippen LogP contribution in [0.25, 0.3) is 0 Å². The molecule has 15 heavy (non-hydrogen) atoms. The molecule has 1 aromatic rings. The molecule has 1 fully saturated rings. The second-order valence-electron chi connectivity index (χ2n) is 5.29. The van der Waals surface area contributed by atoms with E-state index in [9.17, 15) is 4.79 Å². The fourth-order valence-electron chi connectivity index (χ4n) is 3.39. The van der Waals surface area contributed by atoms with Gasteiger partial charge >= 0.3 is 0 Å². The molecule has 0 heterocycles. The molecule has 2 unspecified atom stereocenters. The topological polar surface area (TPSA) is 17.1 Å². The highest BCUT2D eigenvalue weighted by atomic mass is 16.1. The van der Waals surface area contributed by atoms with Crippen molar-refractivity contribution >= 4 is 5.78 Å². The van der Waals surface area contributed by atoms with Gasteiger partial charge in [0.2, 0.25) is 0 Å². The van der Waals surface area contributed by atoms with Gasteiger partial charge in [-0.3, -0.25) is 4.79 Å². The van der Waals surface area contributed by atoms with E-state index in [2.05, 4.69) is 13.0 Å². The number of rotatable bonds is 0. The van der Waals surface area contributed by atoms with E-state index in [0.717, 1.165) is 30.7 Å². The molecule has 1 spiro atoms. The molecule has 0 aromatic heterocycles. The van der Waals surface area contributed by atoms with Crippen molar-refractivity contribution in [1.82, 2.24) is 0 Å². The summed E-state index contributed by atoms with van der Waals surface area (Å²) in [6, 6.07) is 8.14. The lowest BCUT2D eigenvalue weighted by molar-refractivity contribution is 0.0822. The molecule has 0 amide bonds. The summed E-state index contributed by atoms with van der Waals surface area (Å²) in [5.74, 6) is 1.14. The van der Waals surface area contributed by atoms with E-state index in [-0.39, 0.29) is 5.41 Å². The molecule has 0 saturated heterocycles. The summed E-state index contributed by atoms with van der Waals surface area (Å²) >= 11 is 0. The summed E-state index contributed by atoms with van der Waals surface area (Å²) in [7, 11) is 0. The largest absolute Gasteiger partial charge is 0.294 e. The van der Waals surface area contributed by atoms with Gasteiger partial charge in [-0.05, 0) is 37.2 Å². The van der Waals surface area contributed by atoms with Gasteiger partial charge in [0, 0.05) is 11.0 Å². The molecule has 78 valence electrons. The molecule has 2 aliphatic rings. The molecule has 1 nitrogen and oxygen atoms in total. The summed E-state index contributed by atoms with van der Waals surface area (Å²) in [5, 5.41) is 0. The van der Waals surface area contributed by atoms with Gasteiger partial charge in [0.05, 0.1) is 0 Å². The van der Waals surface area contributed by atoms with E-state index >= 15 is 0 Å². The Morgan fingerprint density at radius 2 is 2.13 bits per heavy atom. The van der Waals surface area contributed by atoms with Crippen LogP contribution in [-0.4, -0.2) is 5.78 Å². The average Bonchev–Trinajstić information content (AvgIpc) is 2.72. The Balaban J connectivity index is 2.03. The molecule has 1 heteroatoms. The van der Waals surface area contributed by atoms with Gasteiger partial charge < -0.3 is 0 Å². The standard InChI is InChI=1S/C14H16O/c1-10-6-7-14(8-10)9-11-4-2-3-5-12(11)13(14)15/h2-5,10H,6-9H2,1H3. The molecule has 0 N–H and O–H groups in total. The summed E-state index contributed by atoms with van der Waals surface area (Å²) < 4.78 is 0. The molecule has 2 aliphatic carbocycles. The zero-order chi connectivity index (χ0) is 10.5. The van der Waals surface area contributed by atoms with Crippen LogP contribution in [-0.2, 0) is 6.42 Å². The van der Waals surface area contributed by atoms with Crippen LogP contribution < -0.4 is 0 Å². The van der Waals surface area contributed by atoms with Crippen LogP contribution in [0.2, 0.25) is 0 Å². The minimum atomic E-state index is -0.0108. The van der Waals surface area contributed by atoms with Gasteiger partial charge in [0.1, 0.15) is 0 Å². The lowest BCUT2D eigenvalue weighted by Gasteiger charge is -2.20.